The summed E-state index contributed by atoms with van der Waals surface area (Å²) in [6, 6.07) is 20.8. The molecule has 3 aromatic carbocycles. The number of rotatable bonds is 6. The van der Waals surface area contributed by atoms with Gasteiger partial charge < -0.3 is 15.6 Å². The van der Waals surface area contributed by atoms with Gasteiger partial charge in [0.05, 0.1) is 18.5 Å². The van der Waals surface area contributed by atoms with Crippen molar-refractivity contribution in [3.05, 3.63) is 83.9 Å². The zero-order valence-corrected chi connectivity index (χ0v) is 19.2. The van der Waals surface area contributed by atoms with E-state index < -0.39 is 5.91 Å². The fourth-order valence-corrected chi connectivity index (χ4v) is 4.26. The van der Waals surface area contributed by atoms with Crippen molar-refractivity contribution < 1.29 is 19.4 Å². The summed E-state index contributed by atoms with van der Waals surface area (Å²) in [7, 11) is 1.56. The molecule has 0 bridgehead atoms. The van der Waals surface area contributed by atoms with Crippen LogP contribution in [0.2, 0.25) is 0 Å². The number of hydrogen-bond donors (Lipinski definition) is 2. The highest BCUT2D eigenvalue weighted by Gasteiger charge is 2.34. The highest BCUT2D eigenvalue weighted by atomic mass is 16.5. The van der Waals surface area contributed by atoms with Crippen LogP contribution in [0.25, 0.3) is 0 Å². The third kappa shape index (κ3) is 5.21. The molecule has 176 valence electrons. The van der Waals surface area contributed by atoms with Crippen LogP contribution in [0.3, 0.4) is 0 Å². The van der Waals surface area contributed by atoms with Crippen LogP contribution in [0, 0.1) is 5.92 Å². The number of aromatic hydroxyl groups is 1. The number of nitrogens with zero attached hydrogens (tertiary/aromatic N) is 2. The average Bonchev–Trinajstić information content (AvgIpc) is 2.87. The molecule has 0 aromatic heterocycles. The van der Waals surface area contributed by atoms with Gasteiger partial charge in [-0.25, -0.2) is 4.90 Å². The topological polar surface area (TPSA) is 96.1 Å². The Morgan fingerprint density at radius 1 is 1.00 bits per heavy atom. The molecule has 1 aliphatic rings. The Morgan fingerprint density at radius 3 is 2.26 bits per heavy atom. The Hall–Kier alpha value is -3.84. The average molecular weight is 460 g/mol. The van der Waals surface area contributed by atoms with E-state index in [0.29, 0.717) is 35.5 Å². The van der Waals surface area contributed by atoms with Gasteiger partial charge in [-0.15, -0.1) is 0 Å². The van der Waals surface area contributed by atoms with Gasteiger partial charge in [-0.05, 0) is 80.0 Å². The fraction of sp³-hybridized carbons (Fsp3) is 0.259. The summed E-state index contributed by atoms with van der Waals surface area (Å²) in [6.45, 7) is 2.24. The number of methoxy groups -OCH3 is 1. The normalized spacial score (nSPS) is 14.5. The number of imide groups is 1. The summed E-state index contributed by atoms with van der Waals surface area (Å²) < 4.78 is 5.19. The molecular formula is C27H29N3O4. The van der Waals surface area contributed by atoms with Gasteiger partial charge in [-0.1, -0.05) is 24.3 Å². The second kappa shape index (κ2) is 10.4. The minimum Gasteiger partial charge on any atom is -0.508 e. The van der Waals surface area contributed by atoms with Gasteiger partial charge >= 0.3 is 0 Å². The lowest BCUT2D eigenvalue weighted by Gasteiger charge is -2.34. The minimum atomic E-state index is -0.405. The maximum atomic E-state index is 13.7. The van der Waals surface area contributed by atoms with Gasteiger partial charge in [0.2, 0.25) is 5.91 Å². The van der Waals surface area contributed by atoms with Crippen molar-refractivity contribution in [2.24, 2.45) is 5.92 Å². The van der Waals surface area contributed by atoms with Crippen LogP contribution in [-0.4, -0.2) is 42.0 Å². The summed E-state index contributed by atoms with van der Waals surface area (Å²) in [6.07, 6.45) is 1.30. The zero-order valence-electron chi connectivity index (χ0n) is 19.2. The monoisotopic (exact) mass is 459 g/mol. The lowest BCUT2D eigenvalue weighted by atomic mass is 9.94. The third-order valence-electron chi connectivity index (χ3n) is 6.22. The van der Waals surface area contributed by atoms with E-state index in [9.17, 15) is 14.7 Å². The molecule has 0 atom stereocenters. The molecule has 1 heterocycles. The Morgan fingerprint density at radius 2 is 1.65 bits per heavy atom. The van der Waals surface area contributed by atoms with Gasteiger partial charge in [0.1, 0.15) is 11.5 Å². The predicted molar refractivity (Wildman–Crippen MR) is 132 cm³/mol. The molecule has 1 aliphatic heterocycles. The number of nitrogen functional groups attached to an aromatic ring is 1. The van der Waals surface area contributed by atoms with Crippen LogP contribution < -0.4 is 15.4 Å². The van der Waals surface area contributed by atoms with E-state index in [4.69, 9.17) is 10.5 Å². The lowest BCUT2D eigenvalue weighted by Crippen LogP contribution is -2.45. The van der Waals surface area contributed by atoms with Crippen molar-refractivity contribution in [3.8, 4) is 11.5 Å². The van der Waals surface area contributed by atoms with Crippen molar-refractivity contribution in [2.45, 2.75) is 19.4 Å². The Labute approximate surface area is 199 Å². The Kier molecular flexibility index (Phi) is 7.13. The molecule has 34 heavy (non-hydrogen) atoms. The smallest absolute Gasteiger partial charge is 0.265 e. The van der Waals surface area contributed by atoms with Gasteiger partial charge in [-0.2, -0.15) is 0 Å². The first kappa shape index (κ1) is 23.3. The van der Waals surface area contributed by atoms with Crippen molar-refractivity contribution in [2.75, 3.05) is 30.8 Å². The summed E-state index contributed by atoms with van der Waals surface area (Å²) in [5.41, 5.74) is 8.45. The lowest BCUT2D eigenvalue weighted by molar-refractivity contribution is -0.123. The van der Waals surface area contributed by atoms with E-state index in [-0.39, 0.29) is 17.6 Å². The quantitative estimate of drug-likeness (QED) is 0.426. The number of nitrogens with two attached hydrogens (primary N) is 1. The molecule has 0 unspecified atom stereocenters. The molecule has 0 spiro atoms. The van der Waals surface area contributed by atoms with Crippen molar-refractivity contribution in [3.63, 3.8) is 0 Å². The molecular weight excluding hydrogens is 430 g/mol. The molecule has 1 saturated heterocycles. The maximum Gasteiger partial charge on any atom is 0.265 e. The van der Waals surface area contributed by atoms with Gasteiger partial charge in [0.15, 0.2) is 0 Å². The molecule has 1 fully saturated rings. The van der Waals surface area contributed by atoms with Crippen LogP contribution in [0.15, 0.2) is 72.8 Å². The number of benzene rings is 3. The van der Waals surface area contributed by atoms with Crippen LogP contribution in [0.4, 0.5) is 11.4 Å². The van der Waals surface area contributed by atoms with Crippen molar-refractivity contribution in [1.29, 1.82) is 0 Å². The molecule has 3 aromatic rings. The maximum absolute atomic E-state index is 13.7. The number of carbonyl (C=O) groups excluding carboxylic acids is 2. The summed E-state index contributed by atoms with van der Waals surface area (Å²) in [4.78, 5) is 30.7. The SMILES string of the molecule is COc1ccc(C(=O)N(C(=O)C2CCN(Cc3ccc(O)cc3)CC2)c2ccccc2N)cc1. The standard InChI is InChI=1S/C27H29N3O4/c1-34-23-12-8-20(9-13-23)26(32)30(25-5-3-2-4-24(25)28)27(33)21-14-16-29(17-15-21)18-19-6-10-22(31)11-7-19/h2-13,21,31H,14-18,28H2,1H3. The van der Waals surface area contributed by atoms with Crippen LogP contribution in [-0.2, 0) is 11.3 Å². The Bertz CT molecular complexity index is 1140. The van der Waals surface area contributed by atoms with Gasteiger partial charge in [0.25, 0.3) is 5.91 Å². The highest BCUT2D eigenvalue weighted by molar-refractivity contribution is 6.22. The molecule has 3 N–H and O–H groups in total. The van der Waals surface area contributed by atoms with Crippen LogP contribution >= 0.6 is 0 Å². The van der Waals surface area contributed by atoms with Crippen molar-refractivity contribution >= 4 is 23.2 Å². The molecule has 0 radical (unpaired) electrons. The van der Waals surface area contributed by atoms with E-state index >= 15 is 0 Å². The second-order valence-electron chi connectivity index (χ2n) is 8.48. The summed E-state index contributed by atoms with van der Waals surface area (Å²) >= 11 is 0. The van der Waals surface area contributed by atoms with Crippen LogP contribution in [0.5, 0.6) is 11.5 Å². The summed E-state index contributed by atoms with van der Waals surface area (Å²) in [5.74, 6) is -0.0394. The summed E-state index contributed by atoms with van der Waals surface area (Å²) in [5, 5.41) is 9.48. The van der Waals surface area contributed by atoms with Gasteiger partial charge in [0, 0.05) is 18.0 Å². The van der Waals surface area contributed by atoms with Crippen molar-refractivity contribution in [1.82, 2.24) is 4.90 Å². The number of para-hydroxylation sites is 2. The number of anilines is 2. The van der Waals surface area contributed by atoms with E-state index in [1.165, 1.54) is 4.90 Å². The third-order valence-corrected chi connectivity index (χ3v) is 6.22. The number of phenolic OH excluding ortho intramolecular Hbond substituents is 1. The van der Waals surface area contributed by atoms with Gasteiger partial charge in [-0.3, -0.25) is 14.5 Å². The number of ether oxygens (including phenoxy) is 1. The number of amides is 2. The van der Waals surface area contributed by atoms with E-state index in [2.05, 4.69) is 4.90 Å². The van der Waals surface area contributed by atoms with E-state index in [1.807, 2.05) is 12.1 Å². The van der Waals surface area contributed by atoms with E-state index in [1.54, 1.807) is 67.8 Å². The number of piperidine rings is 1. The zero-order chi connectivity index (χ0) is 24.1. The number of phenols is 1. The first-order chi connectivity index (χ1) is 16.5. The first-order valence-corrected chi connectivity index (χ1v) is 11.3. The van der Waals surface area contributed by atoms with E-state index in [0.717, 1.165) is 25.2 Å². The minimum absolute atomic E-state index is 0.233. The molecule has 0 saturated carbocycles. The molecule has 0 aliphatic carbocycles. The second-order valence-corrected chi connectivity index (χ2v) is 8.48. The largest absolute Gasteiger partial charge is 0.508 e. The number of carbonyl (C=O) groups is 2. The molecule has 4 rings (SSSR count). The predicted octanol–water partition coefficient (Wildman–Crippen LogP) is 4.07. The Balaban J connectivity index is 1.51. The number of likely N-dealkylation sites (tertiary alicyclic amines) is 1. The first-order valence-electron chi connectivity index (χ1n) is 11.3. The highest BCUT2D eigenvalue weighted by Crippen LogP contribution is 2.30. The molecule has 7 heteroatoms. The fourth-order valence-electron chi connectivity index (χ4n) is 4.26. The number of hydrogen-bond acceptors (Lipinski definition) is 6. The van der Waals surface area contributed by atoms with Crippen LogP contribution in [0.1, 0.15) is 28.8 Å². The molecule has 2 amide bonds. The molecule has 7 nitrogen and oxygen atoms in total.